The van der Waals surface area contributed by atoms with Gasteiger partial charge >= 0.3 is 0 Å². The van der Waals surface area contributed by atoms with E-state index in [2.05, 4.69) is 10.3 Å². The fraction of sp³-hybridized carbons (Fsp3) is 0.0625. The van der Waals surface area contributed by atoms with Crippen LogP contribution in [0.2, 0.25) is 5.02 Å². The van der Waals surface area contributed by atoms with Gasteiger partial charge in [-0.2, -0.15) is 0 Å². The Kier molecular flexibility index (Phi) is 3.31. The minimum absolute atomic E-state index is 0.223. The number of amides is 1. The highest BCUT2D eigenvalue weighted by atomic mass is 35.5. The molecule has 21 heavy (non-hydrogen) atoms. The molecule has 1 aromatic heterocycles. The van der Waals surface area contributed by atoms with E-state index in [1.165, 1.54) is 0 Å². The number of benzene rings is 2. The van der Waals surface area contributed by atoms with E-state index < -0.39 is 0 Å². The number of hydrogen-bond donors (Lipinski definition) is 3. The number of carbonyl (C=O) groups is 1. The molecule has 3 rings (SSSR count). The molecule has 1 amide bonds. The van der Waals surface area contributed by atoms with Crippen LogP contribution in [0.3, 0.4) is 0 Å². The summed E-state index contributed by atoms with van der Waals surface area (Å²) in [5, 5.41) is 4.13. The molecule has 4 nitrogen and oxygen atoms in total. The monoisotopic (exact) mass is 299 g/mol. The summed E-state index contributed by atoms with van der Waals surface area (Å²) >= 11 is 6.10. The fourth-order valence-electron chi connectivity index (χ4n) is 2.25. The third-order valence-corrected chi connectivity index (χ3v) is 3.65. The van der Waals surface area contributed by atoms with Crippen molar-refractivity contribution < 1.29 is 4.79 Å². The second kappa shape index (κ2) is 5.14. The summed E-state index contributed by atoms with van der Waals surface area (Å²) < 4.78 is 0. The molecule has 106 valence electrons. The molecule has 0 aliphatic heterocycles. The summed E-state index contributed by atoms with van der Waals surface area (Å²) in [6.07, 6.45) is 1.67. The summed E-state index contributed by atoms with van der Waals surface area (Å²) in [5.41, 5.74) is 9.42. The number of nitrogens with one attached hydrogen (secondary N) is 2. The Bertz CT molecular complexity index is 839. The number of aromatic nitrogens is 1. The van der Waals surface area contributed by atoms with Gasteiger partial charge in [-0.15, -0.1) is 0 Å². The standard InChI is InChI=1S/C16H14ClN3O/c1-9-2-4-13(17)15(6-9)20-16(21)12-8-19-14-5-3-10(18)7-11(12)14/h2-8,19H,18H2,1H3,(H,20,21). The van der Waals surface area contributed by atoms with Crippen LogP contribution in [-0.2, 0) is 0 Å². The van der Waals surface area contributed by atoms with Crippen molar-refractivity contribution in [1.82, 2.24) is 4.98 Å². The number of nitrogen functional groups attached to an aromatic ring is 1. The molecule has 0 saturated carbocycles. The molecule has 5 heteroatoms. The predicted molar refractivity (Wildman–Crippen MR) is 86.9 cm³/mol. The predicted octanol–water partition coefficient (Wildman–Crippen LogP) is 3.96. The Balaban J connectivity index is 1.97. The van der Waals surface area contributed by atoms with Crippen LogP contribution < -0.4 is 11.1 Å². The van der Waals surface area contributed by atoms with Gasteiger partial charge in [0.2, 0.25) is 0 Å². The molecular formula is C16H14ClN3O. The van der Waals surface area contributed by atoms with Crippen LogP contribution in [0.1, 0.15) is 15.9 Å². The van der Waals surface area contributed by atoms with Crippen molar-refractivity contribution in [2.45, 2.75) is 6.92 Å². The summed E-state index contributed by atoms with van der Waals surface area (Å²) in [5.74, 6) is -0.223. The number of fused-ring (bicyclic) bond motifs is 1. The minimum Gasteiger partial charge on any atom is -0.399 e. The smallest absolute Gasteiger partial charge is 0.257 e. The lowest BCUT2D eigenvalue weighted by molar-refractivity contribution is 0.102. The molecule has 0 radical (unpaired) electrons. The van der Waals surface area contributed by atoms with Crippen LogP contribution in [0.25, 0.3) is 10.9 Å². The fourth-order valence-corrected chi connectivity index (χ4v) is 2.42. The first-order valence-corrected chi connectivity index (χ1v) is 6.86. The molecule has 3 aromatic rings. The quantitative estimate of drug-likeness (QED) is 0.627. The Morgan fingerprint density at radius 3 is 2.86 bits per heavy atom. The Morgan fingerprint density at radius 2 is 2.05 bits per heavy atom. The van der Waals surface area contributed by atoms with Crippen molar-refractivity contribution in [3.63, 3.8) is 0 Å². The lowest BCUT2D eigenvalue weighted by Gasteiger charge is -2.07. The summed E-state index contributed by atoms with van der Waals surface area (Å²) in [6, 6.07) is 10.9. The van der Waals surface area contributed by atoms with Crippen LogP contribution in [0.5, 0.6) is 0 Å². The zero-order valence-electron chi connectivity index (χ0n) is 11.4. The summed E-state index contributed by atoms with van der Waals surface area (Å²) in [4.78, 5) is 15.5. The SMILES string of the molecule is Cc1ccc(Cl)c(NC(=O)c2c[nH]c3ccc(N)cc23)c1. The molecule has 4 N–H and O–H groups in total. The third kappa shape index (κ3) is 2.58. The molecule has 0 fully saturated rings. The minimum atomic E-state index is -0.223. The maximum Gasteiger partial charge on any atom is 0.257 e. The number of aryl methyl sites for hydroxylation is 1. The number of aromatic amines is 1. The second-order valence-corrected chi connectivity index (χ2v) is 5.35. The zero-order chi connectivity index (χ0) is 15.0. The van der Waals surface area contributed by atoms with Crippen LogP contribution in [-0.4, -0.2) is 10.9 Å². The van der Waals surface area contributed by atoms with Gasteiger partial charge in [-0.3, -0.25) is 4.79 Å². The van der Waals surface area contributed by atoms with E-state index in [4.69, 9.17) is 17.3 Å². The van der Waals surface area contributed by atoms with E-state index in [1.807, 2.05) is 25.1 Å². The van der Waals surface area contributed by atoms with Gasteiger partial charge in [-0.1, -0.05) is 17.7 Å². The molecule has 2 aromatic carbocycles. The highest BCUT2D eigenvalue weighted by molar-refractivity contribution is 6.34. The van der Waals surface area contributed by atoms with Crippen molar-refractivity contribution >= 4 is 39.8 Å². The number of nitrogens with two attached hydrogens (primary N) is 1. The molecular weight excluding hydrogens is 286 g/mol. The van der Waals surface area contributed by atoms with Gasteiger partial charge < -0.3 is 16.0 Å². The molecule has 0 aliphatic carbocycles. The highest BCUT2D eigenvalue weighted by Crippen LogP contribution is 2.25. The Hall–Kier alpha value is -2.46. The van der Waals surface area contributed by atoms with Crippen molar-refractivity contribution in [3.05, 3.63) is 58.7 Å². The van der Waals surface area contributed by atoms with Gasteiger partial charge in [0.25, 0.3) is 5.91 Å². The number of halogens is 1. The average molecular weight is 300 g/mol. The number of H-pyrrole nitrogens is 1. The van der Waals surface area contributed by atoms with Crippen LogP contribution in [0.15, 0.2) is 42.6 Å². The van der Waals surface area contributed by atoms with Gasteiger partial charge in [0, 0.05) is 22.8 Å². The van der Waals surface area contributed by atoms with Gasteiger partial charge in [-0.25, -0.2) is 0 Å². The molecule has 1 heterocycles. The van der Waals surface area contributed by atoms with Gasteiger partial charge in [0.1, 0.15) is 0 Å². The van der Waals surface area contributed by atoms with E-state index in [-0.39, 0.29) is 5.91 Å². The first-order valence-electron chi connectivity index (χ1n) is 6.49. The largest absolute Gasteiger partial charge is 0.399 e. The number of carbonyl (C=O) groups excluding carboxylic acids is 1. The van der Waals surface area contributed by atoms with E-state index in [9.17, 15) is 4.79 Å². The second-order valence-electron chi connectivity index (χ2n) is 4.94. The van der Waals surface area contributed by atoms with E-state index in [0.717, 1.165) is 16.5 Å². The van der Waals surface area contributed by atoms with Gasteiger partial charge in [-0.05, 0) is 42.8 Å². The first kappa shape index (κ1) is 13.5. The van der Waals surface area contributed by atoms with Crippen molar-refractivity contribution in [2.24, 2.45) is 0 Å². The molecule has 0 atom stereocenters. The average Bonchev–Trinajstić information content (AvgIpc) is 2.85. The van der Waals surface area contributed by atoms with E-state index >= 15 is 0 Å². The van der Waals surface area contributed by atoms with Crippen molar-refractivity contribution in [2.75, 3.05) is 11.1 Å². The molecule has 0 spiro atoms. The topological polar surface area (TPSA) is 70.9 Å². The number of anilines is 2. The number of hydrogen-bond acceptors (Lipinski definition) is 2. The van der Waals surface area contributed by atoms with Crippen molar-refractivity contribution in [1.29, 1.82) is 0 Å². The normalized spacial score (nSPS) is 10.8. The zero-order valence-corrected chi connectivity index (χ0v) is 12.2. The molecule has 0 saturated heterocycles. The van der Waals surface area contributed by atoms with Crippen LogP contribution in [0, 0.1) is 6.92 Å². The summed E-state index contributed by atoms with van der Waals surface area (Å²) in [6.45, 7) is 1.94. The maximum absolute atomic E-state index is 12.4. The molecule has 0 aliphatic rings. The molecule has 0 bridgehead atoms. The lowest BCUT2D eigenvalue weighted by atomic mass is 10.1. The van der Waals surface area contributed by atoms with Gasteiger partial charge in [0.05, 0.1) is 16.3 Å². The van der Waals surface area contributed by atoms with Crippen molar-refractivity contribution in [3.8, 4) is 0 Å². The number of rotatable bonds is 2. The maximum atomic E-state index is 12.4. The Morgan fingerprint density at radius 1 is 1.24 bits per heavy atom. The van der Waals surface area contributed by atoms with Crippen LogP contribution in [0.4, 0.5) is 11.4 Å². The third-order valence-electron chi connectivity index (χ3n) is 3.32. The molecule has 0 unspecified atom stereocenters. The highest BCUT2D eigenvalue weighted by Gasteiger charge is 2.13. The van der Waals surface area contributed by atoms with E-state index in [0.29, 0.717) is 22.0 Å². The van der Waals surface area contributed by atoms with E-state index in [1.54, 1.807) is 24.4 Å². The first-order chi connectivity index (χ1) is 10.0. The summed E-state index contributed by atoms with van der Waals surface area (Å²) in [7, 11) is 0. The van der Waals surface area contributed by atoms with Gasteiger partial charge in [0.15, 0.2) is 0 Å². The Labute approximate surface area is 126 Å². The lowest BCUT2D eigenvalue weighted by Crippen LogP contribution is -2.11. The van der Waals surface area contributed by atoms with Crippen LogP contribution >= 0.6 is 11.6 Å².